The molecule has 0 unspecified atom stereocenters. The molecule has 0 saturated heterocycles. The van der Waals surface area contributed by atoms with Crippen LogP contribution in [0.3, 0.4) is 0 Å². The molecule has 0 fully saturated rings. The van der Waals surface area contributed by atoms with Gasteiger partial charge in [0.1, 0.15) is 0 Å². The average Bonchev–Trinajstić information content (AvgIpc) is 1.46. The number of rotatable bonds is 0. The summed E-state index contributed by atoms with van der Waals surface area (Å²) in [6.07, 6.45) is 1.25. The van der Waals surface area contributed by atoms with E-state index in [0.717, 1.165) is 0 Å². The summed E-state index contributed by atoms with van der Waals surface area (Å²) in [6.45, 7) is 9.25. The quantitative estimate of drug-likeness (QED) is 0.594. The van der Waals surface area contributed by atoms with Crippen LogP contribution in [0.5, 0.6) is 0 Å². The van der Waals surface area contributed by atoms with E-state index in [1.165, 1.54) is 6.42 Å². The van der Waals surface area contributed by atoms with Crippen LogP contribution in [0, 0.1) is 6.92 Å². The van der Waals surface area contributed by atoms with Crippen molar-refractivity contribution in [2.24, 2.45) is 0 Å². The van der Waals surface area contributed by atoms with Gasteiger partial charge >= 0.3 is 0 Å². The fourth-order valence-corrected chi connectivity index (χ4v) is 0. The van der Waals surface area contributed by atoms with Gasteiger partial charge in [0.15, 0.2) is 0 Å². The zero-order valence-corrected chi connectivity index (χ0v) is 11.5. The Hall–Kier alpha value is -1.00. The van der Waals surface area contributed by atoms with Crippen molar-refractivity contribution >= 4 is 0 Å². The average molecular weight is 340 g/mol. The van der Waals surface area contributed by atoms with Gasteiger partial charge in [-0.25, -0.2) is 0 Å². The van der Waals surface area contributed by atoms with Gasteiger partial charge in [0, 0.05) is 0 Å². The minimum atomic E-state index is 0. The van der Waals surface area contributed by atoms with Gasteiger partial charge in [-0.1, -0.05) is 20.3 Å². The van der Waals surface area contributed by atoms with Crippen molar-refractivity contribution in [1.29, 1.82) is 0 Å². The predicted octanol–water partition coefficient (Wildman–Crippen LogP) is 2.26. The molecule has 0 atom stereocenters. The second-order valence-corrected chi connectivity index (χ2v) is 0.707. The molecule has 6 heavy (non-hydrogen) atoms. The fourth-order valence-electron chi connectivity index (χ4n) is 0. The van der Waals surface area contributed by atoms with Crippen LogP contribution in [0.1, 0.15) is 27.2 Å². The van der Waals surface area contributed by atoms with Gasteiger partial charge in [0.05, 0.1) is 0 Å². The molecule has 0 aliphatic carbocycles. The maximum atomic E-state index is 3.25. The summed E-state index contributed by atoms with van der Waals surface area (Å²) in [4.78, 5) is 0. The van der Waals surface area contributed by atoms with Gasteiger partial charge in [-0.05, 0) is 0 Å². The summed E-state index contributed by atoms with van der Waals surface area (Å²) in [5, 5.41) is 0. The standard InChI is InChI=1S/C3H8.C2H5.Rf/c1-3-2;1-2;/h3H2,1-2H3;1H2,2H3;/q;-1;. The molecule has 0 nitrogen and oxygen atoms in total. The first-order valence-electron chi connectivity index (χ1n) is 2.12. The van der Waals surface area contributed by atoms with E-state index in [9.17, 15) is 0 Å². The summed E-state index contributed by atoms with van der Waals surface area (Å²) in [5.74, 6) is 0. The van der Waals surface area contributed by atoms with Crippen LogP contribution in [-0.4, -0.2) is 0 Å². The first kappa shape index (κ1) is 20.0. The molecular formula is C5H13Rf-. The van der Waals surface area contributed by atoms with Gasteiger partial charge in [-0.2, -0.15) is 6.92 Å². The normalized spacial score (nSPS) is 4.00. The summed E-state index contributed by atoms with van der Waals surface area (Å²) < 4.78 is 0. The smallest absolute Gasteiger partial charge is 0 e. The Labute approximate surface area is 35.2 Å². The van der Waals surface area contributed by atoms with Crippen molar-refractivity contribution in [3.8, 4) is 0 Å². The molecule has 0 amide bonds. The zero-order chi connectivity index (χ0) is 4.71. The minimum Gasteiger partial charge on any atom is -0.346 e. The Morgan fingerprint density at radius 1 is 1.17 bits per heavy atom. The number of hydrogen-bond donors (Lipinski definition) is 0. The Bertz CT molecular complexity index is 3.90. The van der Waals surface area contributed by atoms with Crippen LogP contribution < -0.4 is 0 Å². The fraction of sp³-hybridized carbons (Fsp3) is 0.800. The molecule has 0 bridgehead atoms. The van der Waals surface area contributed by atoms with E-state index < -0.39 is 0 Å². The van der Waals surface area contributed by atoms with Crippen molar-refractivity contribution in [3.63, 3.8) is 0 Å². The molecule has 0 aliphatic rings. The third-order valence-electron chi connectivity index (χ3n) is 0. The van der Waals surface area contributed by atoms with E-state index in [-0.39, 0.29) is 0 Å². The summed E-state index contributed by atoms with van der Waals surface area (Å²) in [6, 6.07) is 0. The van der Waals surface area contributed by atoms with Gasteiger partial charge in [-0.3, -0.25) is 0 Å². The molecule has 0 rings (SSSR count). The van der Waals surface area contributed by atoms with Gasteiger partial charge < -0.3 is 6.92 Å². The van der Waals surface area contributed by atoms with E-state index in [1.807, 2.05) is 0 Å². The van der Waals surface area contributed by atoms with Gasteiger partial charge in [-0.15, -0.1) is 0 Å². The molecule has 0 saturated carbocycles. The SMILES string of the molecule is CCC.[CH2-]C.[Rf]. The zero-order valence-electron chi connectivity index (χ0n) is 5.12. The summed E-state index contributed by atoms with van der Waals surface area (Å²) in [7, 11) is 0. The maximum Gasteiger partial charge on any atom is 0 e. The summed E-state index contributed by atoms with van der Waals surface area (Å²) in [5.41, 5.74) is 0. The van der Waals surface area contributed by atoms with Gasteiger partial charge in [0.2, 0.25) is 0 Å². The first-order valence-corrected chi connectivity index (χ1v) is 2.12. The van der Waals surface area contributed by atoms with E-state index >= 15 is 0 Å². The van der Waals surface area contributed by atoms with E-state index in [0.29, 0.717) is 0 Å². The Balaban J connectivity index is -0.0000000275. The Kier molecular flexibility index (Phi) is 0. The monoisotopic (exact) mass is 340 g/mol. The van der Waals surface area contributed by atoms with Crippen molar-refractivity contribution in [2.45, 2.75) is 27.2 Å². The van der Waals surface area contributed by atoms with E-state index in [2.05, 4.69) is 20.8 Å². The molecule has 1 heteroatoms. The van der Waals surface area contributed by atoms with E-state index in [4.69, 9.17) is 0 Å². The third-order valence-corrected chi connectivity index (χ3v) is 0. The first-order chi connectivity index (χ1) is 2.41. The van der Waals surface area contributed by atoms with Crippen LogP contribution in [0.25, 0.3) is 0 Å². The topological polar surface area (TPSA) is 0 Å². The van der Waals surface area contributed by atoms with Crippen molar-refractivity contribution < 1.29 is 0 Å². The Morgan fingerprint density at radius 2 is 1.17 bits per heavy atom. The number of hydrogen-bond acceptors (Lipinski definition) is 0. The third kappa shape index (κ3) is 12.0. The molecule has 36 valence electrons. The molecule has 0 heterocycles. The van der Waals surface area contributed by atoms with Crippen LogP contribution in [-0.2, 0) is 0 Å². The predicted molar refractivity (Wildman–Crippen MR) is 27.0 cm³/mol. The Morgan fingerprint density at radius 3 is 1.17 bits per heavy atom. The molecule has 0 aliphatic heterocycles. The second-order valence-electron chi connectivity index (χ2n) is 0.707. The molecule has 0 aromatic carbocycles. The van der Waals surface area contributed by atoms with Crippen LogP contribution >= 0.6 is 0 Å². The molecular weight excluding hydrogens is 327 g/mol. The molecule has 0 spiro atoms. The van der Waals surface area contributed by atoms with Crippen LogP contribution in [0.2, 0.25) is 0 Å². The molecule has 0 aromatic heterocycles. The van der Waals surface area contributed by atoms with Crippen molar-refractivity contribution in [2.75, 3.05) is 0 Å². The minimum absolute atomic E-state index is 0. The molecule has 0 aromatic rings. The largest absolute Gasteiger partial charge is 0.346 e. The van der Waals surface area contributed by atoms with Crippen molar-refractivity contribution in [1.82, 2.24) is 0 Å². The van der Waals surface area contributed by atoms with Crippen LogP contribution in [0.4, 0.5) is 0 Å². The summed E-state index contributed by atoms with van der Waals surface area (Å²) >= 11 is 0. The second kappa shape index (κ2) is 0. The van der Waals surface area contributed by atoms with Gasteiger partial charge in [0.25, 0.3) is 0 Å². The molecule has 0 radical (unpaired) electrons. The van der Waals surface area contributed by atoms with Crippen molar-refractivity contribution in [3.05, 3.63) is 6.92 Å². The molecule has 0 N–H and O–H groups in total. The van der Waals surface area contributed by atoms with Crippen LogP contribution in [0.15, 0.2) is 0 Å². The van der Waals surface area contributed by atoms with E-state index in [1.54, 1.807) is 6.92 Å². The maximum absolute atomic E-state index is 3.25.